The lowest BCUT2D eigenvalue weighted by Crippen LogP contribution is -2.36. The van der Waals surface area contributed by atoms with Crippen LogP contribution >= 0.6 is 23.4 Å². The molecule has 1 N–H and O–H groups in total. The third-order valence-corrected chi connectivity index (χ3v) is 5.79. The molecule has 27 heavy (non-hydrogen) atoms. The summed E-state index contributed by atoms with van der Waals surface area (Å²) in [6.45, 7) is 5.98. The van der Waals surface area contributed by atoms with Crippen LogP contribution in [0.2, 0.25) is 5.02 Å². The van der Waals surface area contributed by atoms with Crippen LogP contribution in [0.5, 0.6) is 0 Å². The first-order chi connectivity index (χ1) is 12.8. The van der Waals surface area contributed by atoms with Crippen LogP contribution in [0.25, 0.3) is 0 Å². The Hall–Kier alpha value is -1.98. The number of benzene rings is 2. The number of thioether (sulfide) groups is 1. The standard InChI is InChI=1S/C21H25ClN2O2S/c1-14-6-5-7-15(2)21(14)23-19(25)12-24(4)20(26)13-27-16(3)17-8-10-18(22)11-9-17/h5-11,16H,12-13H2,1-4H3,(H,23,25). The number of nitrogens with one attached hydrogen (secondary N) is 1. The summed E-state index contributed by atoms with van der Waals surface area (Å²) in [6, 6.07) is 13.5. The van der Waals surface area contributed by atoms with Gasteiger partial charge in [-0.05, 0) is 49.6 Å². The van der Waals surface area contributed by atoms with Crippen LogP contribution < -0.4 is 5.32 Å². The van der Waals surface area contributed by atoms with Gasteiger partial charge in [-0.15, -0.1) is 11.8 Å². The van der Waals surface area contributed by atoms with Crippen molar-refractivity contribution in [1.29, 1.82) is 0 Å². The largest absolute Gasteiger partial charge is 0.336 e. The Balaban J connectivity index is 1.84. The fourth-order valence-corrected chi connectivity index (χ4v) is 3.72. The molecular weight excluding hydrogens is 380 g/mol. The summed E-state index contributed by atoms with van der Waals surface area (Å²) in [4.78, 5) is 26.1. The zero-order valence-electron chi connectivity index (χ0n) is 16.1. The Kier molecular flexibility index (Phi) is 7.75. The Morgan fingerprint density at radius 3 is 2.30 bits per heavy atom. The van der Waals surface area contributed by atoms with Gasteiger partial charge in [-0.25, -0.2) is 0 Å². The van der Waals surface area contributed by atoms with Gasteiger partial charge in [-0.1, -0.05) is 41.9 Å². The second-order valence-corrected chi connectivity index (χ2v) is 8.34. The van der Waals surface area contributed by atoms with Crippen molar-refractivity contribution >= 4 is 40.9 Å². The van der Waals surface area contributed by atoms with E-state index in [9.17, 15) is 9.59 Å². The molecule has 0 saturated heterocycles. The molecule has 2 rings (SSSR count). The van der Waals surface area contributed by atoms with E-state index >= 15 is 0 Å². The van der Waals surface area contributed by atoms with Crippen molar-refractivity contribution in [3.05, 3.63) is 64.2 Å². The lowest BCUT2D eigenvalue weighted by Gasteiger charge is -2.19. The minimum atomic E-state index is -0.195. The highest BCUT2D eigenvalue weighted by Crippen LogP contribution is 2.29. The Labute approximate surface area is 170 Å². The van der Waals surface area contributed by atoms with Gasteiger partial charge in [0.15, 0.2) is 0 Å². The molecule has 0 bridgehead atoms. The maximum Gasteiger partial charge on any atom is 0.243 e. The van der Waals surface area contributed by atoms with E-state index in [1.807, 2.05) is 56.3 Å². The number of carbonyl (C=O) groups excluding carboxylic acids is 2. The maximum atomic E-state index is 12.4. The Bertz CT molecular complexity index is 788. The molecule has 2 aromatic carbocycles. The summed E-state index contributed by atoms with van der Waals surface area (Å²) in [5.74, 6) is 0.0493. The van der Waals surface area contributed by atoms with Gasteiger partial charge in [-0.3, -0.25) is 9.59 Å². The molecule has 0 aliphatic carbocycles. The van der Waals surface area contributed by atoms with E-state index in [1.165, 1.54) is 4.90 Å². The van der Waals surface area contributed by atoms with Gasteiger partial charge in [0.2, 0.25) is 11.8 Å². The molecule has 0 aliphatic heterocycles. The number of nitrogens with zero attached hydrogens (tertiary/aromatic N) is 1. The number of halogens is 1. The SMILES string of the molecule is Cc1cccc(C)c1NC(=O)CN(C)C(=O)CSC(C)c1ccc(Cl)cc1. The van der Waals surface area contributed by atoms with Crippen LogP contribution in [0.3, 0.4) is 0 Å². The number of carbonyl (C=O) groups is 2. The molecule has 1 atom stereocenters. The molecular formula is C21H25ClN2O2S. The predicted octanol–water partition coefficient (Wildman–Crippen LogP) is 4.85. The van der Waals surface area contributed by atoms with Crippen molar-refractivity contribution in [2.45, 2.75) is 26.0 Å². The summed E-state index contributed by atoms with van der Waals surface area (Å²) < 4.78 is 0. The molecule has 0 saturated carbocycles. The zero-order chi connectivity index (χ0) is 20.0. The number of anilines is 1. The second-order valence-electron chi connectivity index (χ2n) is 6.57. The first-order valence-electron chi connectivity index (χ1n) is 8.75. The fraction of sp³-hybridized carbons (Fsp3) is 0.333. The lowest BCUT2D eigenvalue weighted by molar-refractivity contribution is -0.131. The highest BCUT2D eigenvalue weighted by Gasteiger charge is 2.16. The van der Waals surface area contributed by atoms with Crippen LogP contribution in [0, 0.1) is 13.8 Å². The molecule has 0 heterocycles. The third kappa shape index (κ3) is 6.29. The van der Waals surface area contributed by atoms with Crippen LogP contribution in [0.15, 0.2) is 42.5 Å². The van der Waals surface area contributed by atoms with Gasteiger partial charge in [0, 0.05) is 23.0 Å². The van der Waals surface area contributed by atoms with Gasteiger partial charge in [0.05, 0.1) is 12.3 Å². The number of hydrogen-bond acceptors (Lipinski definition) is 3. The number of likely N-dealkylation sites (N-methyl/N-ethyl adjacent to an activating group) is 1. The van der Waals surface area contributed by atoms with Gasteiger partial charge in [0.25, 0.3) is 0 Å². The first-order valence-corrected chi connectivity index (χ1v) is 10.2. The molecule has 0 spiro atoms. The summed E-state index contributed by atoms with van der Waals surface area (Å²) in [6.07, 6.45) is 0. The average molecular weight is 405 g/mol. The van der Waals surface area contributed by atoms with Crippen molar-refractivity contribution < 1.29 is 9.59 Å². The predicted molar refractivity (Wildman–Crippen MR) is 115 cm³/mol. The van der Waals surface area contributed by atoms with E-state index < -0.39 is 0 Å². The smallest absolute Gasteiger partial charge is 0.243 e. The molecule has 0 fully saturated rings. The summed E-state index contributed by atoms with van der Waals surface area (Å²) in [5, 5.41) is 3.77. The van der Waals surface area contributed by atoms with E-state index in [1.54, 1.807) is 18.8 Å². The summed E-state index contributed by atoms with van der Waals surface area (Å²) in [5.41, 5.74) is 3.94. The minimum Gasteiger partial charge on any atom is -0.336 e. The van der Waals surface area contributed by atoms with Crippen LogP contribution in [0.4, 0.5) is 5.69 Å². The molecule has 2 aromatic rings. The Morgan fingerprint density at radius 1 is 1.11 bits per heavy atom. The van der Waals surface area contributed by atoms with Gasteiger partial charge in [-0.2, -0.15) is 0 Å². The molecule has 1 unspecified atom stereocenters. The molecule has 0 radical (unpaired) electrons. The average Bonchev–Trinajstić information content (AvgIpc) is 2.63. The molecule has 144 valence electrons. The Morgan fingerprint density at radius 2 is 1.70 bits per heavy atom. The highest BCUT2D eigenvalue weighted by molar-refractivity contribution is 8.00. The normalized spacial score (nSPS) is 11.7. The van der Waals surface area contributed by atoms with Crippen molar-refractivity contribution in [3.8, 4) is 0 Å². The van der Waals surface area contributed by atoms with E-state index in [2.05, 4.69) is 12.2 Å². The molecule has 2 amide bonds. The van der Waals surface area contributed by atoms with Crippen molar-refractivity contribution in [1.82, 2.24) is 4.90 Å². The number of rotatable bonds is 7. The van der Waals surface area contributed by atoms with Gasteiger partial charge >= 0.3 is 0 Å². The third-order valence-electron chi connectivity index (χ3n) is 4.35. The maximum absolute atomic E-state index is 12.4. The number of aryl methyl sites for hydroxylation is 2. The van der Waals surface area contributed by atoms with E-state index in [-0.39, 0.29) is 23.6 Å². The highest BCUT2D eigenvalue weighted by atomic mass is 35.5. The van der Waals surface area contributed by atoms with E-state index in [4.69, 9.17) is 11.6 Å². The fourth-order valence-electron chi connectivity index (χ4n) is 2.63. The zero-order valence-corrected chi connectivity index (χ0v) is 17.7. The number of amides is 2. The lowest BCUT2D eigenvalue weighted by atomic mass is 10.1. The number of para-hydroxylation sites is 1. The topological polar surface area (TPSA) is 49.4 Å². The minimum absolute atomic E-state index is 0.0303. The van der Waals surface area contributed by atoms with Crippen LogP contribution in [-0.2, 0) is 9.59 Å². The van der Waals surface area contributed by atoms with Crippen LogP contribution in [-0.4, -0.2) is 36.1 Å². The van der Waals surface area contributed by atoms with Gasteiger partial charge in [0.1, 0.15) is 0 Å². The number of hydrogen-bond donors (Lipinski definition) is 1. The van der Waals surface area contributed by atoms with Gasteiger partial charge < -0.3 is 10.2 Å². The summed E-state index contributed by atoms with van der Waals surface area (Å²) >= 11 is 7.45. The second kappa shape index (κ2) is 9.81. The molecule has 0 aliphatic rings. The monoisotopic (exact) mass is 404 g/mol. The van der Waals surface area contributed by atoms with Crippen molar-refractivity contribution in [2.24, 2.45) is 0 Å². The summed E-state index contributed by atoms with van der Waals surface area (Å²) in [7, 11) is 1.65. The first kappa shape index (κ1) is 21.3. The molecule has 0 aromatic heterocycles. The van der Waals surface area contributed by atoms with Crippen molar-refractivity contribution in [2.75, 3.05) is 24.7 Å². The van der Waals surface area contributed by atoms with E-state index in [0.717, 1.165) is 22.4 Å². The molecule has 4 nitrogen and oxygen atoms in total. The molecule has 6 heteroatoms. The van der Waals surface area contributed by atoms with Crippen molar-refractivity contribution in [3.63, 3.8) is 0 Å². The van der Waals surface area contributed by atoms with Crippen LogP contribution in [0.1, 0.15) is 28.9 Å². The van der Waals surface area contributed by atoms with E-state index in [0.29, 0.717) is 10.8 Å². The quantitative estimate of drug-likeness (QED) is 0.717.